The van der Waals surface area contributed by atoms with Crippen molar-refractivity contribution in [1.82, 2.24) is 15.2 Å². The molecule has 0 aliphatic heterocycles. The first kappa shape index (κ1) is 20.3. The van der Waals surface area contributed by atoms with E-state index < -0.39 is 6.04 Å². The van der Waals surface area contributed by atoms with Gasteiger partial charge in [0.1, 0.15) is 6.04 Å². The van der Waals surface area contributed by atoms with Crippen LogP contribution in [-0.4, -0.2) is 21.7 Å². The molecule has 0 radical (unpaired) electrons. The Hall–Kier alpha value is -3.47. The van der Waals surface area contributed by atoms with E-state index in [1.165, 1.54) is 0 Å². The van der Waals surface area contributed by atoms with Gasteiger partial charge in [-0.05, 0) is 22.8 Å². The standard InChI is InChI=1S/C24H25N3O2/c1-2-22(28)27(18-19-10-5-3-6-11-19)23(21-13-7-4-8-14-21)24(29)26-17-20-12-9-15-25-16-20/h3-16,23H,2,17-18H2,1H3,(H,26,29). The zero-order valence-electron chi connectivity index (χ0n) is 16.5. The molecule has 1 aromatic heterocycles. The SMILES string of the molecule is CCC(=O)N(Cc1ccccc1)C(C(=O)NCc1cccnc1)c1ccccc1. The molecule has 148 valence electrons. The lowest BCUT2D eigenvalue weighted by atomic mass is 10.0. The Kier molecular flexibility index (Phi) is 7.11. The highest BCUT2D eigenvalue weighted by Crippen LogP contribution is 2.24. The van der Waals surface area contributed by atoms with Crippen molar-refractivity contribution >= 4 is 11.8 Å². The van der Waals surface area contributed by atoms with Crippen molar-refractivity contribution in [2.45, 2.75) is 32.5 Å². The number of nitrogens with zero attached hydrogens (tertiary/aromatic N) is 2. The van der Waals surface area contributed by atoms with Crippen molar-refractivity contribution in [2.24, 2.45) is 0 Å². The first-order valence-electron chi connectivity index (χ1n) is 9.74. The predicted molar refractivity (Wildman–Crippen MR) is 113 cm³/mol. The van der Waals surface area contributed by atoms with Gasteiger partial charge in [-0.15, -0.1) is 0 Å². The zero-order valence-corrected chi connectivity index (χ0v) is 16.5. The van der Waals surface area contributed by atoms with Crippen molar-refractivity contribution < 1.29 is 9.59 Å². The largest absolute Gasteiger partial charge is 0.350 e. The van der Waals surface area contributed by atoms with E-state index in [2.05, 4.69) is 10.3 Å². The third-order valence-electron chi connectivity index (χ3n) is 4.68. The summed E-state index contributed by atoms with van der Waals surface area (Å²) in [7, 11) is 0. The number of rotatable bonds is 8. The Morgan fingerprint density at radius 1 is 0.931 bits per heavy atom. The molecule has 0 saturated heterocycles. The number of hydrogen-bond donors (Lipinski definition) is 1. The molecule has 3 rings (SSSR count). The molecule has 3 aromatic rings. The van der Waals surface area contributed by atoms with Crippen LogP contribution in [0.1, 0.15) is 36.1 Å². The maximum Gasteiger partial charge on any atom is 0.247 e. The summed E-state index contributed by atoms with van der Waals surface area (Å²) >= 11 is 0. The van der Waals surface area contributed by atoms with Gasteiger partial charge >= 0.3 is 0 Å². The van der Waals surface area contributed by atoms with Crippen molar-refractivity contribution in [2.75, 3.05) is 0 Å². The number of carbonyl (C=O) groups is 2. The summed E-state index contributed by atoms with van der Waals surface area (Å²) in [6, 6.07) is 22.2. The number of carbonyl (C=O) groups excluding carboxylic acids is 2. The Morgan fingerprint density at radius 3 is 2.21 bits per heavy atom. The van der Waals surface area contributed by atoms with Gasteiger partial charge in [0, 0.05) is 31.9 Å². The Balaban J connectivity index is 1.89. The van der Waals surface area contributed by atoms with Crippen molar-refractivity contribution in [3.8, 4) is 0 Å². The van der Waals surface area contributed by atoms with Crippen LogP contribution in [0.5, 0.6) is 0 Å². The molecular weight excluding hydrogens is 362 g/mol. The van der Waals surface area contributed by atoms with Crippen LogP contribution in [0.3, 0.4) is 0 Å². The Labute approximate surface area is 171 Å². The molecule has 5 heteroatoms. The number of amides is 2. The molecule has 1 heterocycles. The van der Waals surface area contributed by atoms with Crippen LogP contribution in [0.15, 0.2) is 85.2 Å². The molecule has 0 fully saturated rings. The highest BCUT2D eigenvalue weighted by Gasteiger charge is 2.30. The Bertz CT molecular complexity index is 915. The molecule has 29 heavy (non-hydrogen) atoms. The second kappa shape index (κ2) is 10.2. The summed E-state index contributed by atoms with van der Waals surface area (Å²) < 4.78 is 0. The Morgan fingerprint density at radius 2 is 1.59 bits per heavy atom. The molecule has 2 aromatic carbocycles. The fraction of sp³-hybridized carbons (Fsp3) is 0.208. The van der Waals surface area contributed by atoms with E-state index in [4.69, 9.17) is 0 Å². The summed E-state index contributed by atoms with van der Waals surface area (Å²) in [6.45, 7) is 2.54. The highest BCUT2D eigenvalue weighted by molar-refractivity contribution is 5.88. The van der Waals surface area contributed by atoms with Crippen molar-refractivity contribution in [1.29, 1.82) is 0 Å². The maximum absolute atomic E-state index is 13.2. The summed E-state index contributed by atoms with van der Waals surface area (Å²) in [4.78, 5) is 31.8. The van der Waals surface area contributed by atoms with Crippen LogP contribution in [-0.2, 0) is 22.7 Å². The number of hydrogen-bond acceptors (Lipinski definition) is 3. The zero-order chi connectivity index (χ0) is 20.5. The summed E-state index contributed by atoms with van der Waals surface area (Å²) in [5, 5.41) is 2.97. The number of aromatic nitrogens is 1. The van der Waals surface area contributed by atoms with Gasteiger partial charge in [-0.25, -0.2) is 0 Å². The molecule has 0 aliphatic rings. The fourth-order valence-electron chi connectivity index (χ4n) is 3.20. The van der Waals surface area contributed by atoms with Crippen molar-refractivity contribution in [3.63, 3.8) is 0 Å². The molecule has 1 N–H and O–H groups in total. The number of pyridine rings is 1. The van der Waals surface area contributed by atoms with Crippen LogP contribution < -0.4 is 5.32 Å². The predicted octanol–water partition coefficient (Wildman–Crippen LogP) is 3.88. The quantitative estimate of drug-likeness (QED) is 0.638. The minimum Gasteiger partial charge on any atom is -0.350 e. The fourth-order valence-corrected chi connectivity index (χ4v) is 3.20. The van der Waals surface area contributed by atoms with Gasteiger partial charge in [0.2, 0.25) is 11.8 Å². The number of benzene rings is 2. The van der Waals surface area contributed by atoms with E-state index in [0.29, 0.717) is 19.5 Å². The topological polar surface area (TPSA) is 62.3 Å². The maximum atomic E-state index is 13.2. The minimum atomic E-state index is -0.708. The van der Waals surface area contributed by atoms with E-state index in [0.717, 1.165) is 16.7 Å². The molecule has 5 nitrogen and oxygen atoms in total. The van der Waals surface area contributed by atoms with E-state index >= 15 is 0 Å². The summed E-state index contributed by atoms with van der Waals surface area (Å²) in [5.41, 5.74) is 2.67. The third kappa shape index (κ3) is 5.51. The van der Waals surface area contributed by atoms with Gasteiger partial charge in [0.15, 0.2) is 0 Å². The van der Waals surface area contributed by atoms with Gasteiger partial charge < -0.3 is 10.2 Å². The minimum absolute atomic E-state index is 0.0702. The lowest BCUT2D eigenvalue weighted by Crippen LogP contribution is -2.43. The molecule has 0 bridgehead atoms. The third-order valence-corrected chi connectivity index (χ3v) is 4.68. The monoisotopic (exact) mass is 387 g/mol. The van der Waals surface area contributed by atoms with Crippen LogP contribution in [0.25, 0.3) is 0 Å². The van der Waals surface area contributed by atoms with Gasteiger partial charge in [0.05, 0.1) is 0 Å². The molecule has 0 aliphatic carbocycles. The highest BCUT2D eigenvalue weighted by atomic mass is 16.2. The van der Waals surface area contributed by atoms with E-state index in [-0.39, 0.29) is 11.8 Å². The van der Waals surface area contributed by atoms with Gasteiger partial charge in [0.25, 0.3) is 0 Å². The lowest BCUT2D eigenvalue weighted by Gasteiger charge is -2.31. The van der Waals surface area contributed by atoms with Crippen LogP contribution in [0.2, 0.25) is 0 Å². The second-order valence-electron chi connectivity index (χ2n) is 6.75. The second-order valence-corrected chi connectivity index (χ2v) is 6.75. The van der Waals surface area contributed by atoms with E-state index in [1.807, 2.05) is 79.7 Å². The van der Waals surface area contributed by atoms with Crippen LogP contribution in [0.4, 0.5) is 0 Å². The average Bonchev–Trinajstić information content (AvgIpc) is 2.79. The summed E-state index contributed by atoms with van der Waals surface area (Å²) in [5.74, 6) is -0.281. The molecule has 0 spiro atoms. The average molecular weight is 387 g/mol. The van der Waals surface area contributed by atoms with Gasteiger partial charge in [-0.2, -0.15) is 0 Å². The van der Waals surface area contributed by atoms with Crippen LogP contribution >= 0.6 is 0 Å². The van der Waals surface area contributed by atoms with Gasteiger partial charge in [-0.1, -0.05) is 73.7 Å². The lowest BCUT2D eigenvalue weighted by molar-refractivity contribution is -0.141. The van der Waals surface area contributed by atoms with Crippen molar-refractivity contribution in [3.05, 3.63) is 102 Å². The molecule has 0 saturated carbocycles. The molecule has 1 unspecified atom stereocenters. The number of nitrogens with one attached hydrogen (secondary N) is 1. The van der Waals surface area contributed by atoms with E-state index in [9.17, 15) is 9.59 Å². The van der Waals surface area contributed by atoms with Gasteiger partial charge in [-0.3, -0.25) is 14.6 Å². The first-order valence-corrected chi connectivity index (χ1v) is 9.74. The van der Waals surface area contributed by atoms with Crippen LogP contribution in [0, 0.1) is 0 Å². The molecular formula is C24H25N3O2. The first-order chi connectivity index (χ1) is 14.2. The molecule has 2 amide bonds. The summed E-state index contributed by atoms with van der Waals surface area (Å²) in [6.07, 6.45) is 3.74. The normalized spacial score (nSPS) is 11.5. The molecule has 1 atom stereocenters. The smallest absolute Gasteiger partial charge is 0.247 e. The van der Waals surface area contributed by atoms with E-state index in [1.54, 1.807) is 17.3 Å².